The molecule has 0 saturated heterocycles. The molecular weight excluding hydrogens is 579 g/mol. The van der Waals surface area contributed by atoms with Gasteiger partial charge < -0.3 is 23.9 Å². The van der Waals surface area contributed by atoms with Gasteiger partial charge in [0.15, 0.2) is 12.0 Å². The number of benzene rings is 2. The quantitative estimate of drug-likeness (QED) is 0.252. The fraction of sp³-hybridized carbons (Fsp3) is 0.261. The molecule has 0 bridgehead atoms. The Kier molecular flexibility index (Phi) is 7.57. The Morgan fingerprint density at radius 3 is 2.53 bits per heavy atom. The molecule has 1 amide bonds. The topological polar surface area (TPSA) is 131 Å². The van der Waals surface area contributed by atoms with Crippen LogP contribution in [0.15, 0.2) is 51.4 Å². The normalized spacial score (nSPS) is 12.4. The Labute approximate surface area is 221 Å². The van der Waals surface area contributed by atoms with Crippen molar-refractivity contribution in [3.63, 3.8) is 0 Å². The number of alkyl halides is 3. The summed E-state index contributed by atoms with van der Waals surface area (Å²) in [4.78, 5) is 24.6. The molecule has 0 radical (unpaired) electrons. The van der Waals surface area contributed by atoms with Crippen molar-refractivity contribution in [2.45, 2.75) is 39.5 Å². The van der Waals surface area contributed by atoms with E-state index in [0.29, 0.717) is 11.0 Å². The molecule has 200 valence electrons. The van der Waals surface area contributed by atoms with Crippen LogP contribution in [0.3, 0.4) is 0 Å². The van der Waals surface area contributed by atoms with Crippen LogP contribution in [0.1, 0.15) is 37.4 Å². The van der Waals surface area contributed by atoms with Crippen molar-refractivity contribution in [1.82, 2.24) is 20.2 Å². The number of halogens is 4. The van der Waals surface area contributed by atoms with Crippen molar-refractivity contribution in [3.05, 3.63) is 52.5 Å². The summed E-state index contributed by atoms with van der Waals surface area (Å²) in [5.74, 6) is -0.557. The summed E-state index contributed by atoms with van der Waals surface area (Å²) < 4.78 is 58.5. The fourth-order valence-corrected chi connectivity index (χ4v) is 3.74. The Bertz CT molecular complexity index is 1490. The van der Waals surface area contributed by atoms with Crippen LogP contribution in [-0.4, -0.2) is 44.7 Å². The molecule has 15 heteroatoms. The molecule has 1 N–H and O–H groups in total. The molecule has 0 aliphatic rings. The Morgan fingerprint density at radius 2 is 1.84 bits per heavy atom. The Morgan fingerprint density at radius 1 is 1.08 bits per heavy atom. The van der Waals surface area contributed by atoms with Gasteiger partial charge in [-0.15, -0.1) is 18.3 Å². The smallest absolute Gasteiger partial charge is 0.453 e. The summed E-state index contributed by atoms with van der Waals surface area (Å²) in [6.45, 7) is 4.91. The standard InChI is InChI=1S/C23H19BrF3N5O6/c1-11(2)35-22(34)36-12(3)32-20(29-30-31-32)19-8-13-4-5-14(9-18(13)37-19)21(33)28-15-6-7-17(16(24)10-15)38-23(25,26)27/h4-12H,1-3H3,(H,28,33). The number of hydrogen-bond acceptors (Lipinski definition) is 9. The molecule has 0 fully saturated rings. The molecule has 4 aromatic rings. The minimum Gasteiger partial charge on any atom is -0.453 e. The lowest BCUT2D eigenvalue weighted by Crippen LogP contribution is -2.20. The summed E-state index contributed by atoms with van der Waals surface area (Å²) in [6, 6.07) is 9.95. The second-order valence-corrected chi connectivity index (χ2v) is 8.95. The van der Waals surface area contributed by atoms with Crippen molar-refractivity contribution >= 4 is 44.6 Å². The van der Waals surface area contributed by atoms with Crippen LogP contribution in [0.4, 0.5) is 23.7 Å². The number of amides is 1. The lowest BCUT2D eigenvalue weighted by molar-refractivity contribution is -0.274. The van der Waals surface area contributed by atoms with E-state index in [1.807, 2.05) is 0 Å². The number of fused-ring (bicyclic) bond motifs is 1. The number of tetrazole rings is 1. The van der Waals surface area contributed by atoms with Gasteiger partial charge in [-0.3, -0.25) is 4.79 Å². The number of aromatic nitrogens is 4. The maximum Gasteiger partial charge on any atom is 0.573 e. The molecular formula is C23H19BrF3N5O6. The molecule has 1 atom stereocenters. The van der Waals surface area contributed by atoms with Gasteiger partial charge in [0, 0.05) is 16.6 Å². The second kappa shape index (κ2) is 10.7. The number of carbonyl (C=O) groups excluding carboxylic acids is 2. The van der Waals surface area contributed by atoms with Crippen molar-refractivity contribution in [2.75, 3.05) is 5.32 Å². The van der Waals surface area contributed by atoms with Crippen molar-refractivity contribution < 1.29 is 41.4 Å². The average molecular weight is 598 g/mol. The molecule has 11 nitrogen and oxygen atoms in total. The third kappa shape index (κ3) is 6.40. The fourth-order valence-electron chi connectivity index (χ4n) is 3.28. The number of nitrogens with one attached hydrogen (secondary N) is 1. The minimum absolute atomic E-state index is 0.00662. The van der Waals surface area contributed by atoms with Gasteiger partial charge in [-0.2, -0.15) is 4.68 Å². The molecule has 38 heavy (non-hydrogen) atoms. The second-order valence-electron chi connectivity index (χ2n) is 8.09. The highest BCUT2D eigenvalue weighted by molar-refractivity contribution is 9.10. The van der Waals surface area contributed by atoms with Crippen molar-refractivity contribution in [1.29, 1.82) is 0 Å². The SMILES string of the molecule is CC(C)OC(=O)OC(C)n1nnnc1-c1cc2ccc(C(=O)Nc3ccc(OC(F)(F)F)c(Br)c3)cc2o1. The van der Waals surface area contributed by atoms with Crippen molar-refractivity contribution in [2.24, 2.45) is 0 Å². The molecule has 0 saturated carbocycles. The third-order valence-corrected chi connectivity index (χ3v) is 5.47. The molecule has 4 rings (SSSR count). The van der Waals surface area contributed by atoms with Gasteiger partial charge in [-0.25, -0.2) is 4.79 Å². The summed E-state index contributed by atoms with van der Waals surface area (Å²) >= 11 is 3.00. The van der Waals surface area contributed by atoms with Crippen LogP contribution >= 0.6 is 15.9 Å². The van der Waals surface area contributed by atoms with E-state index >= 15 is 0 Å². The molecule has 0 aliphatic heterocycles. The van der Waals surface area contributed by atoms with Crippen LogP contribution in [-0.2, 0) is 9.47 Å². The summed E-state index contributed by atoms with van der Waals surface area (Å²) in [7, 11) is 0. The highest BCUT2D eigenvalue weighted by Crippen LogP contribution is 2.33. The van der Waals surface area contributed by atoms with Gasteiger partial charge in [-0.1, -0.05) is 6.07 Å². The first-order chi connectivity index (χ1) is 17.9. The lowest BCUT2D eigenvalue weighted by Gasteiger charge is -2.14. The van der Waals surface area contributed by atoms with Gasteiger partial charge in [0.1, 0.15) is 11.3 Å². The molecule has 2 aromatic heterocycles. The van der Waals surface area contributed by atoms with Crippen LogP contribution in [0, 0.1) is 0 Å². The lowest BCUT2D eigenvalue weighted by atomic mass is 10.1. The van der Waals surface area contributed by atoms with Crippen molar-refractivity contribution in [3.8, 4) is 17.3 Å². The Balaban J connectivity index is 1.51. The van der Waals surface area contributed by atoms with E-state index in [1.165, 1.54) is 22.9 Å². The zero-order chi connectivity index (χ0) is 27.6. The van der Waals surface area contributed by atoms with E-state index in [1.54, 1.807) is 39.0 Å². The average Bonchev–Trinajstić information content (AvgIpc) is 3.45. The van der Waals surface area contributed by atoms with Crippen LogP contribution in [0.25, 0.3) is 22.6 Å². The van der Waals surface area contributed by atoms with E-state index in [-0.39, 0.29) is 33.4 Å². The molecule has 0 aliphatic carbocycles. The minimum atomic E-state index is -4.85. The van der Waals surface area contributed by atoms with Crippen LogP contribution in [0.5, 0.6) is 5.75 Å². The number of anilines is 1. The number of ether oxygens (including phenoxy) is 3. The van der Waals surface area contributed by atoms with Gasteiger partial charge in [0.25, 0.3) is 5.91 Å². The largest absolute Gasteiger partial charge is 0.573 e. The third-order valence-electron chi connectivity index (χ3n) is 4.85. The van der Waals surface area contributed by atoms with E-state index in [9.17, 15) is 22.8 Å². The van der Waals surface area contributed by atoms with Gasteiger partial charge in [-0.05, 0) is 83.5 Å². The van der Waals surface area contributed by atoms with E-state index in [4.69, 9.17) is 13.9 Å². The summed E-state index contributed by atoms with van der Waals surface area (Å²) in [5, 5.41) is 14.6. The molecule has 1 unspecified atom stereocenters. The maximum absolute atomic E-state index is 12.8. The van der Waals surface area contributed by atoms with E-state index in [2.05, 4.69) is 41.5 Å². The first kappa shape index (κ1) is 26.9. The highest BCUT2D eigenvalue weighted by atomic mass is 79.9. The number of hydrogen-bond donors (Lipinski definition) is 1. The Hall–Kier alpha value is -4.14. The molecule has 2 aromatic carbocycles. The van der Waals surface area contributed by atoms with Crippen LogP contribution < -0.4 is 10.1 Å². The zero-order valence-electron chi connectivity index (χ0n) is 19.9. The number of furan rings is 1. The van der Waals surface area contributed by atoms with Crippen LogP contribution in [0.2, 0.25) is 0 Å². The van der Waals surface area contributed by atoms with E-state index in [0.717, 1.165) is 6.07 Å². The first-order valence-corrected chi connectivity index (χ1v) is 11.7. The summed E-state index contributed by atoms with van der Waals surface area (Å²) in [5.41, 5.74) is 0.795. The highest BCUT2D eigenvalue weighted by Gasteiger charge is 2.32. The number of nitrogens with zero attached hydrogens (tertiary/aromatic N) is 4. The van der Waals surface area contributed by atoms with E-state index < -0.39 is 30.4 Å². The summed E-state index contributed by atoms with van der Waals surface area (Å²) in [6.07, 6.45) is -7.01. The molecule has 2 heterocycles. The predicted octanol–water partition coefficient (Wildman–Crippen LogP) is 6.08. The van der Waals surface area contributed by atoms with Gasteiger partial charge in [0.05, 0.1) is 10.6 Å². The zero-order valence-corrected chi connectivity index (χ0v) is 21.5. The van der Waals surface area contributed by atoms with Gasteiger partial charge >= 0.3 is 12.5 Å². The molecule has 0 spiro atoms. The number of carbonyl (C=O) groups is 2. The maximum atomic E-state index is 12.8. The first-order valence-electron chi connectivity index (χ1n) is 11.0. The number of rotatable bonds is 7. The monoisotopic (exact) mass is 597 g/mol. The predicted molar refractivity (Wildman–Crippen MR) is 129 cm³/mol. The van der Waals surface area contributed by atoms with Gasteiger partial charge in [0.2, 0.25) is 5.82 Å².